The molecule has 0 aromatic heterocycles. The number of nitrogens with one attached hydrogen (secondary N) is 2. The average molecular weight is 428 g/mol. The highest BCUT2D eigenvalue weighted by Gasteiger charge is 2.25. The summed E-state index contributed by atoms with van der Waals surface area (Å²) in [6, 6.07) is 11.4. The molecule has 2 aromatic rings. The van der Waals surface area contributed by atoms with Crippen LogP contribution in [-0.2, 0) is 20.7 Å². The monoisotopic (exact) mass is 428 g/mol. The summed E-state index contributed by atoms with van der Waals surface area (Å²) in [5, 5.41) is 4.57. The Bertz CT molecular complexity index is 1040. The number of ether oxygens (including phenoxy) is 2. The molecule has 30 heavy (non-hydrogen) atoms. The molecule has 1 atom stereocenters. The largest absolute Gasteiger partial charge is 0.454 e. The van der Waals surface area contributed by atoms with Gasteiger partial charge in [-0.3, -0.25) is 19.7 Å². The fourth-order valence-electron chi connectivity index (χ4n) is 3.08. The number of benzene rings is 2. The van der Waals surface area contributed by atoms with E-state index >= 15 is 0 Å². The molecular weight excluding hydrogens is 411 g/mol. The van der Waals surface area contributed by atoms with Gasteiger partial charge in [-0.15, -0.1) is 0 Å². The molecule has 154 valence electrons. The molecule has 3 amide bonds. The lowest BCUT2D eigenvalue weighted by molar-refractivity contribution is -0.131. The summed E-state index contributed by atoms with van der Waals surface area (Å²) in [7, 11) is 0. The number of carbonyl (C=O) groups is 3. The van der Waals surface area contributed by atoms with E-state index in [1.54, 1.807) is 18.2 Å². The maximum Gasteiger partial charge on any atom is 0.290 e. The molecule has 7 nitrogen and oxygen atoms in total. The summed E-state index contributed by atoms with van der Waals surface area (Å²) in [6.45, 7) is 0.556. The van der Waals surface area contributed by atoms with Gasteiger partial charge in [-0.05, 0) is 59.7 Å². The highest BCUT2D eigenvalue weighted by atomic mass is 32.2. The molecule has 2 heterocycles. The number of hydrogen-bond donors (Lipinski definition) is 2. The summed E-state index contributed by atoms with van der Waals surface area (Å²) in [5.41, 5.74) is 1.43. The highest BCUT2D eigenvalue weighted by Crippen LogP contribution is 2.29. The van der Waals surface area contributed by atoms with E-state index in [0.717, 1.165) is 17.3 Å². The zero-order valence-corrected chi connectivity index (χ0v) is 16.5. The maximum absolute atomic E-state index is 14.4. The van der Waals surface area contributed by atoms with Crippen molar-refractivity contribution in [2.24, 2.45) is 0 Å². The Morgan fingerprint density at radius 2 is 1.97 bits per heavy atom. The quantitative estimate of drug-likeness (QED) is 0.712. The van der Waals surface area contributed by atoms with Gasteiger partial charge < -0.3 is 14.8 Å². The van der Waals surface area contributed by atoms with Crippen molar-refractivity contribution in [3.63, 3.8) is 0 Å². The van der Waals surface area contributed by atoms with Crippen molar-refractivity contribution >= 4 is 34.9 Å². The molecule has 1 unspecified atom stereocenters. The van der Waals surface area contributed by atoms with E-state index < -0.39 is 17.0 Å². The van der Waals surface area contributed by atoms with Crippen LogP contribution in [0.3, 0.4) is 0 Å². The zero-order valence-electron chi connectivity index (χ0n) is 15.6. The second kappa shape index (κ2) is 8.68. The predicted molar refractivity (Wildman–Crippen MR) is 108 cm³/mol. The average Bonchev–Trinajstić information content (AvgIpc) is 3.02. The summed E-state index contributed by atoms with van der Waals surface area (Å²) in [6.07, 6.45) is 2.07. The lowest BCUT2D eigenvalue weighted by Crippen LogP contribution is -2.46. The first kappa shape index (κ1) is 20.1. The van der Waals surface area contributed by atoms with Crippen LogP contribution in [0.2, 0.25) is 0 Å². The van der Waals surface area contributed by atoms with E-state index in [-0.39, 0.29) is 29.2 Å². The van der Waals surface area contributed by atoms with Crippen LogP contribution in [0.25, 0.3) is 6.08 Å². The van der Waals surface area contributed by atoms with Crippen LogP contribution in [0.5, 0.6) is 11.5 Å². The number of imide groups is 1. The molecule has 2 N–H and O–H groups in total. The molecule has 0 radical (unpaired) electrons. The van der Waals surface area contributed by atoms with Crippen LogP contribution >= 0.6 is 11.8 Å². The van der Waals surface area contributed by atoms with Gasteiger partial charge in [0.2, 0.25) is 5.91 Å². The summed E-state index contributed by atoms with van der Waals surface area (Å²) in [4.78, 5) is 34.4. The fourth-order valence-corrected chi connectivity index (χ4v) is 3.76. The van der Waals surface area contributed by atoms with Gasteiger partial charge in [0.25, 0.3) is 11.1 Å². The predicted octanol–water partition coefficient (Wildman–Crippen LogP) is 3.00. The van der Waals surface area contributed by atoms with Crippen LogP contribution in [0.4, 0.5) is 9.18 Å². The SMILES string of the molecule is O=C1COCC(Cc2ccc(Oc3ccc(/C=C4\SC(=O)NC4=O)cc3F)cc2)N1. The minimum absolute atomic E-state index is 0.0393. The molecular formula is C21H17FN2O5S. The molecule has 9 heteroatoms. The van der Waals surface area contributed by atoms with Crippen molar-refractivity contribution in [2.75, 3.05) is 13.2 Å². The molecule has 0 aliphatic carbocycles. The lowest BCUT2D eigenvalue weighted by Gasteiger charge is -2.23. The van der Waals surface area contributed by atoms with E-state index in [9.17, 15) is 18.8 Å². The number of rotatable bonds is 5. The van der Waals surface area contributed by atoms with E-state index in [1.807, 2.05) is 12.1 Å². The molecule has 2 fully saturated rings. The Morgan fingerprint density at radius 3 is 2.63 bits per heavy atom. The van der Waals surface area contributed by atoms with E-state index in [1.165, 1.54) is 18.2 Å². The van der Waals surface area contributed by atoms with Crippen molar-refractivity contribution in [2.45, 2.75) is 12.5 Å². The van der Waals surface area contributed by atoms with Gasteiger partial charge >= 0.3 is 0 Å². The second-order valence-corrected chi connectivity index (χ2v) is 7.79. The minimum Gasteiger partial charge on any atom is -0.454 e. The van der Waals surface area contributed by atoms with Crippen molar-refractivity contribution in [3.05, 3.63) is 64.3 Å². The first-order valence-electron chi connectivity index (χ1n) is 9.14. The van der Waals surface area contributed by atoms with Crippen molar-refractivity contribution < 1.29 is 28.2 Å². The zero-order chi connectivity index (χ0) is 21.1. The third-order valence-corrected chi connectivity index (χ3v) is 5.26. The van der Waals surface area contributed by atoms with E-state index in [0.29, 0.717) is 24.3 Å². The molecule has 2 aliphatic heterocycles. The van der Waals surface area contributed by atoms with Crippen LogP contribution in [0.15, 0.2) is 47.4 Å². The Hall–Kier alpha value is -3.17. The number of halogens is 1. The number of carbonyl (C=O) groups excluding carboxylic acids is 3. The number of hydrogen-bond acceptors (Lipinski definition) is 6. The topological polar surface area (TPSA) is 93.7 Å². The Labute approximate surface area is 175 Å². The molecule has 0 saturated carbocycles. The Balaban J connectivity index is 1.40. The number of amides is 3. The van der Waals surface area contributed by atoms with E-state index in [4.69, 9.17) is 9.47 Å². The van der Waals surface area contributed by atoms with Gasteiger partial charge in [0.05, 0.1) is 17.6 Å². The van der Waals surface area contributed by atoms with Crippen LogP contribution in [-0.4, -0.2) is 36.3 Å². The summed E-state index contributed by atoms with van der Waals surface area (Å²) >= 11 is 0.772. The Kier molecular flexibility index (Phi) is 5.82. The van der Waals surface area contributed by atoms with Gasteiger partial charge in [0.1, 0.15) is 12.4 Å². The molecule has 4 rings (SSSR count). The first-order valence-corrected chi connectivity index (χ1v) is 9.96. The van der Waals surface area contributed by atoms with Crippen LogP contribution in [0, 0.1) is 5.82 Å². The standard InChI is InChI=1S/C21H17FN2O5S/c22-16-8-13(9-18-20(26)24-21(27)30-18)3-6-17(16)29-15-4-1-12(2-5-15)7-14-10-28-11-19(25)23-14/h1-6,8-9,14H,7,10-11H2,(H,23,25)(H,24,26,27)/b18-9-. The smallest absolute Gasteiger partial charge is 0.290 e. The molecule has 2 aromatic carbocycles. The fraction of sp³-hybridized carbons (Fsp3) is 0.190. The lowest BCUT2D eigenvalue weighted by atomic mass is 10.1. The summed E-state index contributed by atoms with van der Waals surface area (Å²) < 4.78 is 25.3. The maximum atomic E-state index is 14.4. The first-order chi connectivity index (χ1) is 14.5. The van der Waals surface area contributed by atoms with Crippen molar-refractivity contribution in [1.82, 2.24) is 10.6 Å². The molecule has 0 bridgehead atoms. The minimum atomic E-state index is -0.592. The molecule has 0 spiro atoms. The number of morpholine rings is 1. The van der Waals surface area contributed by atoms with Crippen molar-refractivity contribution in [3.8, 4) is 11.5 Å². The van der Waals surface area contributed by atoms with Gasteiger partial charge in [-0.25, -0.2) is 4.39 Å². The third-order valence-electron chi connectivity index (χ3n) is 4.45. The van der Waals surface area contributed by atoms with Crippen LogP contribution in [0.1, 0.15) is 11.1 Å². The third kappa shape index (κ3) is 4.87. The van der Waals surface area contributed by atoms with Gasteiger partial charge in [-0.2, -0.15) is 0 Å². The number of thioether (sulfide) groups is 1. The molecule has 2 saturated heterocycles. The molecule has 2 aliphatic rings. The second-order valence-electron chi connectivity index (χ2n) is 6.77. The van der Waals surface area contributed by atoms with Crippen molar-refractivity contribution in [1.29, 1.82) is 0 Å². The Morgan fingerprint density at radius 1 is 1.17 bits per heavy atom. The highest BCUT2D eigenvalue weighted by molar-refractivity contribution is 8.18. The van der Waals surface area contributed by atoms with E-state index in [2.05, 4.69) is 10.6 Å². The van der Waals surface area contributed by atoms with Crippen LogP contribution < -0.4 is 15.4 Å². The summed E-state index contributed by atoms with van der Waals surface area (Å²) in [5.74, 6) is -0.712. The van der Waals surface area contributed by atoms with Gasteiger partial charge in [0.15, 0.2) is 11.6 Å². The van der Waals surface area contributed by atoms with Gasteiger partial charge in [0, 0.05) is 0 Å². The van der Waals surface area contributed by atoms with Gasteiger partial charge in [-0.1, -0.05) is 18.2 Å². The normalized spacial score (nSPS) is 20.2.